The van der Waals surface area contributed by atoms with Gasteiger partial charge in [0.15, 0.2) is 5.78 Å². The Hall–Kier alpha value is -2.29. The van der Waals surface area contributed by atoms with Crippen molar-refractivity contribution in [3.63, 3.8) is 0 Å². The van der Waals surface area contributed by atoms with Crippen LogP contribution in [0.1, 0.15) is 80.7 Å². The number of ketones is 1. The maximum atomic E-state index is 11.6. The van der Waals surface area contributed by atoms with Crippen molar-refractivity contribution < 1.29 is 4.79 Å². The molecule has 0 aliphatic carbocycles. The summed E-state index contributed by atoms with van der Waals surface area (Å²) in [5.41, 5.74) is 5.03. The maximum Gasteiger partial charge on any atom is 0.157 e. The number of allylic oxidation sites excluding steroid dienone is 3. The van der Waals surface area contributed by atoms with Gasteiger partial charge in [0.25, 0.3) is 0 Å². The molecule has 2 aliphatic rings. The van der Waals surface area contributed by atoms with E-state index in [1.807, 2.05) is 0 Å². The number of hydrogen-bond donors (Lipinski definition) is 0. The van der Waals surface area contributed by atoms with Crippen LogP contribution in [0.25, 0.3) is 5.57 Å². The van der Waals surface area contributed by atoms with Crippen LogP contribution in [0, 0.1) is 22.7 Å². The third-order valence-electron chi connectivity index (χ3n) is 7.16. The zero-order valence-electron chi connectivity index (χ0n) is 23.9. The molecule has 2 heterocycles. The summed E-state index contributed by atoms with van der Waals surface area (Å²) in [5, 5.41) is 0. The summed E-state index contributed by atoms with van der Waals surface area (Å²) in [4.78, 5) is 16.3. The Bertz CT molecular complexity index is 918. The molecule has 0 saturated carbocycles. The second kappa shape index (κ2) is 12.1. The summed E-state index contributed by atoms with van der Waals surface area (Å²) in [5.74, 6) is 1.56. The fraction of sp³-hybridized carbons (Fsp3) is 0.594. The molecule has 0 aromatic heterocycles. The van der Waals surface area contributed by atoms with E-state index in [1.165, 1.54) is 23.1 Å². The van der Waals surface area contributed by atoms with Gasteiger partial charge >= 0.3 is 0 Å². The first kappa shape index (κ1) is 28.9. The minimum absolute atomic E-state index is 0.0549. The fourth-order valence-corrected chi connectivity index (χ4v) is 5.03. The van der Waals surface area contributed by atoms with Crippen LogP contribution in [0.4, 0.5) is 0 Å². The normalized spacial score (nSPS) is 19.1. The molecule has 1 aromatic carbocycles. The Morgan fingerprint density at radius 1 is 0.829 bits per heavy atom. The van der Waals surface area contributed by atoms with E-state index < -0.39 is 0 Å². The largest absolute Gasteiger partial charge is 0.377 e. The lowest BCUT2D eigenvalue weighted by atomic mass is 9.75. The Morgan fingerprint density at radius 3 is 1.69 bits per heavy atom. The number of nitrogens with zero attached hydrogens (tertiary/aromatic N) is 2. The molecule has 3 nitrogen and oxygen atoms in total. The highest BCUT2D eigenvalue weighted by atomic mass is 16.1. The summed E-state index contributed by atoms with van der Waals surface area (Å²) >= 11 is 0. The standard InChI is InChI=1S/C19H27N.C13H23NO/c1-15(2)13-20-12-11-19(4,5)18(14-20)16(3)17-9-7-6-8-10-17;1-10(2)8-14-7-6-13(4,5)12(9-14)11(3)15/h6-10,14-15H,3,11-13H2,1-2,4-5H3;9-10H,6-8H2,1-5H3. The Labute approximate surface area is 216 Å². The van der Waals surface area contributed by atoms with Gasteiger partial charge in [-0.1, -0.05) is 92.3 Å². The molecular weight excluding hydrogens is 428 g/mol. The van der Waals surface area contributed by atoms with E-state index in [4.69, 9.17) is 0 Å². The number of carbonyl (C=O) groups excluding carboxylic acids is 1. The number of benzene rings is 1. The Morgan fingerprint density at radius 2 is 1.26 bits per heavy atom. The van der Waals surface area contributed by atoms with Gasteiger partial charge in [0.2, 0.25) is 0 Å². The first-order chi connectivity index (χ1) is 16.2. The van der Waals surface area contributed by atoms with Crippen LogP contribution in [-0.4, -0.2) is 41.8 Å². The van der Waals surface area contributed by atoms with Crippen LogP contribution in [0.3, 0.4) is 0 Å². The highest BCUT2D eigenvalue weighted by Gasteiger charge is 2.31. The highest BCUT2D eigenvalue weighted by Crippen LogP contribution is 2.41. The lowest BCUT2D eigenvalue weighted by molar-refractivity contribution is -0.114. The van der Waals surface area contributed by atoms with Crippen molar-refractivity contribution in [2.24, 2.45) is 22.7 Å². The minimum atomic E-state index is 0.0549. The van der Waals surface area contributed by atoms with Gasteiger partial charge in [0.05, 0.1) is 0 Å². The lowest BCUT2D eigenvalue weighted by Gasteiger charge is -2.39. The second-order valence-electron chi connectivity index (χ2n) is 12.5. The third-order valence-corrected chi connectivity index (χ3v) is 7.16. The maximum absolute atomic E-state index is 11.6. The topological polar surface area (TPSA) is 23.6 Å². The molecule has 194 valence electrons. The summed E-state index contributed by atoms with van der Waals surface area (Å²) in [6.07, 6.45) is 6.69. The molecule has 3 heteroatoms. The molecule has 35 heavy (non-hydrogen) atoms. The van der Waals surface area contributed by atoms with Crippen LogP contribution in [0.15, 0.2) is 60.5 Å². The molecule has 0 fully saturated rings. The predicted octanol–water partition coefficient (Wildman–Crippen LogP) is 7.82. The molecule has 3 rings (SSSR count). The summed E-state index contributed by atoms with van der Waals surface area (Å²) in [7, 11) is 0. The molecule has 0 bridgehead atoms. The fourth-order valence-electron chi connectivity index (χ4n) is 5.03. The second-order valence-corrected chi connectivity index (χ2v) is 12.5. The smallest absolute Gasteiger partial charge is 0.157 e. The van der Waals surface area contributed by atoms with E-state index in [9.17, 15) is 4.79 Å². The molecule has 0 saturated heterocycles. The van der Waals surface area contributed by atoms with Gasteiger partial charge in [-0.2, -0.15) is 0 Å². The zero-order valence-corrected chi connectivity index (χ0v) is 23.9. The third kappa shape index (κ3) is 8.40. The number of hydrogen-bond acceptors (Lipinski definition) is 3. The monoisotopic (exact) mass is 478 g/mol. The minimum Gasteiger partial charge on any atom is -0.377 e. The van der Waals surface area contributed by atoms with Crippen molar-refractivity contribution in [1.29, 1.82) is 0 Å². The van der Waals surface area contributed by atoms with Crippen molar-refractivity contribution in [3.05, 3.63) is 66.0 Å². The Balaban J connectivity index is 0.000000258. The van der Waals surface area contributed by atoms with E-state index in [0.717, 1.165) is 38.2 Å². The molecule has 1 aromatic rings. The zero-order chi connectivity index (χ0) is 26.4. The molecule has 0 spiro atoms. The van der Waals surface area contributed by atoms with Crippen molar-refractivity contribution >= 4 is 11.4 Å². The van der Waals surface area contributed by atoms with Gasteiger partial charge in [0, 0.05) is 44.2 Å². The average Bonchev–Trinajstić information content (AvgIpc) is 2.76. The van der Waals surface area contributed by atoms with Crippen LogP contribution in [0.5, 0.6) is 0 Å². The van der Waals surface area contributed by atoms with Crippen molar-refractivity contribution in [2.75, 3.05) is 26.2 Å². The van der Waals surface area contributed by atoms with Gasteiger partial charge in [-0.05, 0) is 59.1 Å². The van der Waals surface area contributed by atoms with Crippen LogP contribution in [0.2, 0.25) is 0 Å². The van der Waals surface area contributed by atoms with E-state index >= 15 is 0 Å². The van der Waals surface area contributed by atoms with E-state index in [2.05, 4.69) is 115 Å². The van der Waals surface area contributed by atoms with E-state index in [1.54, 1.807) is 6.92 Å². The van der Waals surface area contributed by atoms with Gasteiger partial charge in [-0.15, -0.1) is 0 Å². The molecule has 0 amide bonds. The van der Waals surface area contributed by atoms with E-state index in [-0.39, 0.29) is 16.6 Å². The van der Waals surface area contributed by atoms with Crippen molar-refractivity contribution in [1.82, 2.24) is 9.80 Å². The first-order valence-corrected chi connectivity index (χ1v) is 13.4. The van der Waals surface area contributed by atoms with Crippen LogP contribution >= 0.6 is 0 Å². The summed E-state index contributed by atoms with van der Waals surface area (Å²) in [6.45, 7) is 28.4. The van der Waals surface area contributed by atoms with Crippen molar-refractivity contribution in [2.45, 2.75) is 75.2 Å². The van der Waals surface area contributed by atoms with Crippen LogP contribution in [-0.2, 0) is 4.79 Å². The van der Waals surface area contributed by atoms with Gasteiger partial charge in [0.1, 0.15) is 0 Å². The number of carbonyl (C=O) groups is 1. The van der Waals surface area contributed by atoms with Crippen molar-refractivity contribution in [3.8, 4) is 0 Å². The molecule has 2 aliphatic heterocycles. The molecule has 0 unspecified atom stereocenters. The first-order valence-electron chi connectivity index (χ1n) is 13.4. The van der Waals surface area contributed by atoms with E-state index in [0.29, 0.717) is 11.8 Å². The van der Waals surface area contributed by atoms with Gasteiger partial charge in [-0.3, -0.25) is 4.79 Å². The molecule has 0 atom stereocenters. The highest BCUT2D eigenvalue weighted by molar-refractivity contribution is 5.94. The molecular formula is C32H50N2O. The quantitative estimate of drug-likeness (QED) is 0.399. The molecule has 0 radical (unpaired) electrons. The Kier molecular flexibility index (Phi) is 10.0. The van der Waals surface area contributed by atoms with Gasteiger partial charge in [-0.25, -0.2) is 0 Å². The van der Waals surface area contributed by atoms with Gasteiger partial charge < -0.3 is 9.80 Å². The predicted molar refractivity (Wildman–Crippen MR) is 152 cm³/mol. The molecule has 0 N–H and O–H groups in total. The summed E-state index contributed by atoms with van der Waals surface area (Å²) < 4.78 is 0. The number of Topliss-reactive ketones (excluding diaryl/α,β-unsaturated/α-hetero) is 1. The van der Waals surface area contributed by atoms with Crippen LogP contribution < -0.4 is 0 Å². The summed E-state index contributed by atoms with van der Waals surface area (Å²) in [6, 6.07) is 10.5. The number of rotatable bonds is 7. The average molecular weight is 479 g/mol. The SMILES string of the molecule is C=C(C1=CN(CC(C)C)CCC1(C)C)c1ccccc1.CC(=O)C1=CN(CC(C)C)CCC1(C)C. The lowest BCUT2D eigenvalue weighted by Crippen LogP contribution is -2.36.